The van der Waals surface area contributed by atoms with E-state index in [1.54, 1.807) is 24.3 Å². The van der Waals surface area contributed by atoms with Gasteiger partial charge in [-0.3, -0.25) is 9.59 Å². The van der Waals surface area contributed by atoms with Gasteiger partial charge in [-0.05, 0) is 31.9 Å². The zero-order valence-electron chi connectivity index (χ0n) is 14.6. The summed E-state index contributed by atoms with van der Waals surface area (Å²) in [6.45, 7) is 1.96. The second kappa shape index (κ2) is 5.44. The van der Waals surface area contributed by atoms with E-state index in [9.17, 15) is 20.1 Å². The molecule has 4 aliphatic rings. The summed E-state index contributed by atoms with van der Waals surface area (Å²) in [5, 5.41) is 18.8. The number of rotatable bonds is 1. The van der Waals surface area contributed by atoms with Crippen LogP contribution in [0, 0.1) is 40.4 Å². The van der Waals surface area contributed by atoms with Crippen molar-refractivity contribution < 1.29 is 9.59 Å². The van der Waals surface area contributed by atoms with Crippen molar-refractivity contribution >= 4 is 17.5 Å². The van der Waals surface area contributed by atoms with Crippen molar-refractivity contribution in [3.05, 3.63) is 41.6 Å². The Labute approximate surface area is 151 Å². The molecule has 1 aromatic carbocycles. The SMILES string of the molecule is CN1C(=C(C#N)C#N)[C@@H]2CC[C@@]1(C)[C@H]1C(=O)N(c3ccccc3)C(=O)[C@@H]21. The van der Waals surface area contributed by atoms with Crippen LogP contribution in [0.5, 0.6) is 0 Å². The van der Waals surface area contributed by atoms with Crippen molar-refractivity contribution in [1.29, 1.82) is 10.5 Å². The van der Waals surface area contributed by atoms with Crippen LogP contribution < -0.4 is 4.90 Å². The molecule has 0 radical (unpaired) electrons. The number of hydrogen-bond donors (Lipinski definition) is 0. The van der Waals surface area contributed by atoms with Gasteiger partial charge >= 0.3 is 0 Å². The van der Waals surface area contributed by atoms with Gasteiger partial charge in [-0.1, -0.05) is 18.2 Å². The Bertz CT molecular complexity index is 907. The zero-order valence-corrected chi connectivity index (χ0v) is 14.6. The minimum absolute atomic E-state index is 0.0419. The first-order chi connectivity index (χ1) is 12.5. The van der Waals surface area contributed by atoms with Crippen LogP contribution in [0.2, 0.25) is 0 Å². The van der Waals surface area contributed by atoms with Gasteiger partial charge in [-0.15, -0.1) is 0 Å². The van der Waals surface area contributed by atoms with Crippen molar-refractivity contribution in [2.45, 2.75) is 25.3 Å². The number of carbonyl (C=O) groups excluding carboxylic acids is 2. The summed E-state index contributed by atoms with van der Waals surface area (Å²) in [5.41, 5.74) is 0.652. The number of piperidine rings is 2. The largest absolute Gasteiger partial charge is 0.370 e. The average molecular weight is 346 g/mol. The monoisotopic (exact) mass is 346 g/mol. The second-order valence-corrected chi connectivity index (χ2v) is 7.40. The molecule has 3 saturated heterocycles. The molecule has 3 aliphatic heterocycles. The van der Waals surface area contributed by atoms with Crippen LogP contribution in [-0.2, 0) is 9.59 Å². The molecule has 5 rings (SSSR count). The third kappa shape index (κ3) is 1.84. The van der Waals surface area contributed by atoms with Gasteiger partial charge in [0, 0.05) is 24.2 Å². The van der Waals surface area contributed by atoms with E-state index in [4.69, 9.17) is 0 Å². The van der Waals surface area contributed by atoms with Gasteiger partial charge in [0.25, 0.3) is 0 Å². The van der Waals surface area contributed by atoms with E-state index in [0.717, 1.165) is 6.42 Å². The number of amides is 2. The number of carbonyl (C=O) groups is 2. The number of allylic oxidation sites excluding steroid dienone is 2. The minimum atomic E-state index is -0.579. The van der Waals surface area contributed by atoms with Gasteiger partial charge < -0.3 is 4.90 Å². The number of anilines is 1. The lowest BCUT2D eigenvalue weighted by molar-refractivity contribution is -0.137. The van der Waals surface area contributed by atoms with E-state index in [-0.39, 0.29) is 23.3 Å². The van der Waals surface area contributed by atoms with E-state index in [2.05, 4.69) is 0 Å². The standard InChI is InChI=1S/C20H18N4O2/c1-20-9-8-14(17(23(20)2)12(10-21)11-22)15-16(20)19(26)24(18(15)25)13-6-4-3-5-7-13/h3-7,14-16H,8-9H2,1-2H3/t14-,15+,16-,20+/m1/s1. The molecule has 4 fully saturated rings. The molecular weight excluding hydrogens is 328 g/mol. The maximum Gasteiger partial charge on any atom is 0.240 e. The third-order valence-corrected chi connectivity index (χ3v) is 6.39. The third-order valence-electron chi connectivity index (χ3n) is 6.39. The molecule has 1 saturated carbocycles. The molecule has 1 aromatic rings. The quantitative estimate of drug-likeness (QED) is 0.574. The van der Waals surface area contributed by atoms with E-state index in [0.29, 0.717) is 17.8 Å². The topological polar surface area (TPSA) is 88.2 Å². The number of benzene rings is 1. The summed E-state index contributed by atoms with van der Waals surface area (Å²) >= 11 is 0. The zero-order chi connectivity index (χ0) is 18.6. The molecule has 130 valence electrons. The van der Waals surface area contributed by atoms with Crippen molar-refractivity contribution in [2.24, 2.45) is 17.8 Å². The fourth-order valence-corrected chi connectivity index (χ4v) is 5.06. The van der Waals surface area contributed by atoms with Crippen LogP contribution in [-0.4, -0.2) is 29.3 Å². The van der Waals surface area contributed by atoms with Crippen LogP contribution in [0.15, 0.2) is 41.6 Å². The summed E-state index contributed by atoms with van der Waals surface area (Å²) < 4.78 is 0. The van der Waals surface area contributed by atoms with Crippen LogP contribution in [0.3, 0.4) is 0 Å². The molecule has 26 heavy (non-hydrogen) atoms. The number of nitriles is 2. The van der Waals surface area contributed by atoms with Crippen LogP contribution in [0.25, 0.3) is 0 Å². The van der Waals surface area contributed by atoms with Gasteiger partial charge in [-0.25, -0.2) is 4.90 Å². The smallest absolute Gasteiger partial charge is 0.240 e. The molecule has 0 unspecified atom stereocenters. The predicted molar refractivity (Wildman–Crippen MR) is 93.1 cm³/mol. The highest BCUT2D eigenvalue weighted by molar-refractivity contribution is 6.23. The lowest BCUT2D eigenvalue weighted by Crippen LogP contribution is -2.63. The van der Waals surface area contributed by atoms with Gasteiger partial charge in [0.1, 0.15) is 17.7 Å². The van der Waals surface area contributed by atoms with E-state index >= 15 is 0 Å². The maximum absolute atomic E-state index is 13.2. The molecule has 2 amide bonds. The molecular formula is C20H18N4O2. The number of imide groups is 1. The first-order valence-corrected chi connectivity index (χ1v) is 8.66. The Morgan fingerprint density at radius 2 is 1.81 bits per heavy atom. The summed E-state index contributed by atoms with van der Waals surface area (Å²) in [5.74, 6) is -1.64. The highest BCUT2D eigenvalue weighted by Gasteiger charge is 2.66. The van der Waals surface area contributed by atoms with Gasteiger partial charge in [0.05, 0.1) is 17.5 Å². The summed E-state index contributed by atoms with van der Waals surface area (Å²) in [6.07, 6.45) is 1.45. The number of fused-ring (bicyclic) bond motifs is 2. The van der Waals surface area contributed by atoms with E-state index in [1.807, 2.05) is 37.1 Å². The first-order valence-electron chi connectivity index (χ1n) is 8.66. The molecule has 0 spiro atoms. The normalized spacial score (nSPS) is 32.3. The molecule has 4 atom stereocenters. The number of hydrogen-bond acceptors (Lipinski definition) is 5. The van der Waals surface area contributed by atoms with Crippen molar-refractivity contribution in [3.63, 3.8) is 0 Å². The summed E-state index contributed by atoms with van der Waals surface area (Å²) in [6, 6.07) is 12.9. The van der Waals surface area contributed by atoms with Crippen molar-refractivity contribution in [2.75, 3.05) is 11.9 Å². The van der Waals surface area contributed by atoms with Crippen LogP contribution >= 0.6 is 0 Å². The summed E-state index contributed by atoms with van der Waals surface area (Å²) in [7, 11) is 1.83. The Morgan fingerprint density at radius 3 is 2.42 bits per heavy atom. The van der Waals surface area contributed by atoms with Crippen LogP contribution in [0.4, 0.5) is 5.69 Å². The van der Waals surface area contributed by atoms with Crippen molar-refractivity contribution in [1.82, 2.24) is 4.90 Å². The average Bonchev–Trinajstić information content (AvgIpc) is 2.92. The Hall–Kier alpha value is -3.12. The molecule has 2 bridgehead atoms. The second-order valence-electron chi connectivity index (χ2n) is 7.40. The fourth-order valence-electron chi connectivity index (χ4n) is 5.06. The Kier molecular flexibility index (Phi) is 3.42. The Balaban J connectivity index is 1.88. The lowest BCUT2D eigenvalue weighted by atomic mass is 9.58. The van der Waals surface area contributed by atoms with Gasteiger partial charge in [-0.2, -0.15) is 10.5 Å². The number of nitrogens with zero attached hydrogens (tertiary/aromatic N) is 4. The summed E-state index contributed by atoms with van der Waals surface area (Å²) in [4.78, 5) is 29.7. The van der Waals surface area contributed by atoms with Gasteiger partial charge in [0.2, 0.25) is 11.8 Å². The first kappa shape index (κ1) is 16.4. The molecule has 6 heteroatoms. The number of para-hydroxylation sites is 1. The highest BCUT2D eigenvalue weighted by Crippen LogP contribution is 2.58. The maximum atomic E-state index is 13.2. The predicted octanol–water partition coefficient (Wildman–Crippen LogP) is 2.21. The molecule has 1 aliphatic carbocycles. The molecule has 0 aromatic heterocycles. The van der Waals surface area contributed by atoms with E-state index in [1.165, 1.54) is 4.90 Å². The van der Waals surface area contributed by atoms with E-state index < -0.39 is 17.4 Å². The lowest BCUT2D eigenvalue weighted by Gasteiger charge is -2.58. The molecule has 6 nitrogen and oxygen atoms in total. The fraction of sp³-hybridized carbons (Fsp3) is 0.400. The Morgan fingerprint density at radius 1 is 1.15 bits per heavy atom. The van der Waals surface area contributed by atoms with Gasteiger partial charge in [0.15, 0.2) is 0 Å². The van der Waals surface area contributed by atoms with Crippen molar-refractivity contribution in [3.8, 4) is 12.1 Å². The highest BCUT2D eigenvalue weighted by atomic mass is 16.2. The molecule has 3 heterocycles. The molecule has 0 N–H and O–H groups in total. The van der Waals surface area contributed by atoms with Crippen LogP contribution in [0.1, 0.15) is 19.8 Å². The minimum Gasteiger partial charge on any atom is -0.370 e.